The molecule has 2 aromatic heterocycles. The molecule has 3 heteroatoms. The minimum atomic E-state index is -0.196. The van der Waals surface area contributed by atoms with Crippen molar-refractivity contribution in [2.24, 2.45) is 0 Å². The van der Waals surface area contributed by atoms with Crippen LogP contribution >= 0.6 is 0 Å². The summed E-state index contributed by atoms with van der Waals surface area (Å²) in [5.74, 6) is 1.11. The molecule has 3 nitrogen and oxygen atoms in total. The molecule has 0 unspecified atom stereocenters. The van der Waals surface area contributed by atoms with Crippen LogP contribution in [-0.2, 0) is 10.8 Å². The van der Waals surface area contributed by atoms with Gasteiger partial charge in [0.15, 0.2) is 0 Å². The summed E-state index contributed by atoms with van der Waals surface area (Å²) in [5.41, 5.74) is 16.1. The van der Waals surface area contributed by atoms with Crippen LogP contribution in [0.1, 0.15) is 50.2 Å². The minimum Gasteiger partial charge on any atom is -0.309 e. The molecule has 0 amide bonds. The zero-order valence-corrected chi connectivity index (χ0v) is 26.5. The highest BCUT2D eigenvalue weighted by atomic mass is 15.1. The van der Waals surface area contributed by atoms with Crippen LogP contribution in [-0.4, -0.2) is 14.1 Å². The van der Waals surface area contributed by atoms with E-state index < -0.39 is 0 Å². The third-order valence-corrected chi connectivity index (χ3v) is 10.8. The van der Waals surface area contributed by atoms with E-state index in [1.165, 1.54) is 72.1 Å². The number of hydrogen-bond acceptors (Lipinski definition) is 1. The predicted octanol–water partition coefficient (Wildman–Crippen LogP) is 10.7. The molecule has 46 heavy (non-hydrogen) atoms. The normalized spacial score (nSPS) is 15.3. The number of benzene rings is 6. The van der Waals surface area contributed by atoms with Crippen LogP contribution in [0.3, 0.4) is 0 Å². The maximum Gasteiger partial charge on any atom is 0.124 e. The van der Waals surface area contributed by atoms with E-state index in [1.54, 1.807) is 0 Å². The van der Waals surface area contributed by atoms with Crippen LogP contribution < -0.4 is 0 Å². The molecule has 2 aliphatic rings. The summed E-state index contributed by atoms with van der Waals surface area (Å²) in [6.45, 7) is 9.33. The summed E-state index contributed by atoms with van der Waals surface area (Å²) in [7, 11) is 0. The summed E-state index contributed by atoms with van der Waals surface area (Å²) in [6.07, 6.45) is 0. The molecule has 8 aromatic rings. The molecule has 0 radical (unpaired) electrons. The Labute approximate surface area is 268 Å². The lowest BCUT2D eigenvalue weighted by molar-refractivity contribution is 0.621. The van der Waals surface area contributed by atoms with Crippen molar-refractivity contribution in [2.75, 3.05) is 0 Å². The van der Waals surface area contributed by atoms with Gasteiger partial charge < -0.3 is 4.57 Å². The van der Waals surface area contributed by atoms with E-state index >= 15 is 0 Å². The van der Waals surface area contributed by atoms with Gasteiger partial charge in [-0.15, -0.1) is 0 Å². The highest BCUT2D eigenvalue weighted by Crippen LogP contribution is 2.52. The largest absolute Gasteiger partial charge is 0.309 e. The van der Waals surface area contributed by atoms with Crippen molar-refractivity contribution in [1.29, 1.82) is 0 Å². The van der Waals surface area contributed by atoms with Crippen molar-refractivity contribution < 1.29 is 0 Å². The lowest BCUT2D eigenvalue weighted by Crippen LogP contribution is -2.16. The van der Waals surface area contributed by atoms with Gasteiger partial charge in [0.2, 0.25) is 0 Å². The molecule has 6 aromatic carbocycles. The van der Waals surface area contributed by atoms with Crippen molar-refractivity contribution >= 4 is 32.8 Å². The molecule has 0 N–H and O–H groups in total. The van der Waals surface area contributed by atoms with Crippen molar-refractivity contribution in [3.05, 3.63) is 150 Å². The molecular weight excluding hydrogens is 558 g/mol. The Kier molecular flexibility index (Phi) is 4.86. The molecule has 1 aliphatic heterocycles. The second kappa shape index (κ2) is 8.64. The number of imidazole rings is 1. The highest BCUT2D eigenvalue weighted by Gasteiger charge is 2.40. The lowest BCUT2D eigenvalue weighted by Gasteiger charge is -2.21. The molecule has 220 valence electrons. The predicted molar refractivity (Wildman–Crippen MR) is 191 cm³/mol. The van der Waals surface area contributed by atoms with Crippen molar-refractivity contribution in [1.82, 2.24) is 14.1 Å². The van der Waals surface area contributed by atoms with Gasteiger partial charge in [0.1, 0.15) is 5.82 Å². The Morgan fingerprint density at radius 2 is 1.20 bits per heavy atom. The van der Waals surface area contributed by atoms with Gasteiger partial charge in [-0.2, -0.15) is 0 Å². The highest BCUT2D eigenvalue weighted by molar-refractivity contribution is 6.13. The Morgan fingerprint density at radius 3 is 2.07 bits per heavy atom. The van der Waals surface area contributed by atoms with E-state index in [9.17, 15) is 0 Å². The first-order chi connectivity index (χ1) is 22.3. The van der Waals surface area contributed by atoms with Gasteiger partial charge in [-0.25, -0.2) is 4.98 Å². The van der Waals surface area contributed by atoms with Crippen LogP contribution in [0.15, 0.2) is 127 Å². The summed E-state index contributed by atoms with van der Waals surface area (Å²) >= 11 is 0. The van der Waals surface area contributed by atoms with Crippen LogP contribution in [0.2, 0.25) is 0 Å². The van der Waals surface area contributed by atoms with Crippen molar-refractivity contribution in [3.8, 4) is 33.6 Å². The fourth-order valence-electron chi connectivity index (χ4n) is 8.55. The van der Waals surface area contributed by atoms with E-state index in [2.05, 4.69) is 164 Å². The third kappa shape index (κ3) is 3.15. The maximum absolute atomic E-state index is 5.15. The molecule has 1 aliphatic carbocycles. The fourth-order valence-corrected chi connectivity index (χ4v) is 8.55. The molecule has 0 saturated heterocycles. The van der Waals surface area contributed by atoms with Gasteiger partial charge >= 0.3 is 0 Å². The Hall–Kier alpha value is -5.41. The number of nitrogens with zero attached hydrogens (tertiary/aromatic N) is 3. The lowest BCUT2D eigenvalue weighted by atomic mass is 9.82. The number of aromatic nitrogens is 3. The maximum atomic E-state index is 5.15. The second-order valence-electron chi connectivity index (χ2n) is 14.1. The molecule has 10 rings (SSSR count). The van der Waals surface area contributed by atoms with Crippen molar-refractivity contribution in [2.45, 2.75) is 38.5 Å². The average molecular weight is 592 g/mol. The van der Waals surface area contributed by atoms with E-state index in [0.29, 0.717) is 0 Å². The summed E-state index contributed by atoms with van der Waals surface area (Å²) < 4.78 is 4.86. The second-order valence-corrected chi connectivity index (χ2v) is 14.1. The molecular formula is C43H33N3. The van der Waals surface area contributed by atoms with Gasteiger partial charge in [-0.05, 0) is 95.8 Å². The third-order valence-electron chi connectivity index (χ3n) is 10.8. The van der Waals surface area contributed by atoms with Gasteiger partial charge in [0.25, 0.3) is 0 Å². The van der Waals surface area contributed by atoms with Crippen LogP contribution in [0, 0.1) is 0 Å². The summed E-state index contributed by atoms with van der Waals surface area (Å²) in [5, 5.41) is 2.56. The Bertz CT molecular complexity index is 2580. The summed E-state index contributed by atoms with van der Waals surface area (Å²) in [4.78, 5) is 5.15. The van der Waals surface area contributed by atoms with Gasteiger partial charge in [-0.1, -0.05) is 92.7 Å². The molecule has 0 atom stereocenters. The average Bonchev–Trinajstić information content (AvgIpc) is 3.75. The molecule has 0 spiro atoms. The van der Waals surface area contributed by atoms with Crippen LogP contribution in [0.5, 0.6) is 0 Å². The number of rotatable bonds is 2. The fraction of sp³-hybridized carbons (Fsp3) is 0.140. The molecule has 0 bridgehead atoms. The topological polar surface area (TPSA) is 22.8 Å². The van der Waals surface area contributed by atoms with Gasteiger partial charge in [0, 0.05) is 27.4 Å². The first-order valence-corrected chi connectivity index (χ1v) is 16.2. The molecule has 3 heterocycles. The first kappa shape index (κ1) is 25.9. The zero-order valence-electron chi connectivity index (χ0n) is 26.5. The zero-order chi connectivity index (χ0) is 30.9. The van der Waals surface area contributed by atoms with E-state index in [4.69, 9.17) is 4.98 Å². The number of para-hydroxylation sites is 4. The summed E-state index contributed by atoms with van der Waals surface area (Å²) in [6, 6.07) is 47.0. The van der Waals surface area contributed by atoms with Crippen LogP contribution in [0.4, 0.5) is 0 Å². The number of fused-ring (bicyclic) bond motifs is 11. The molecule has 0 saturated carbocycles. The van der Waals surface area contributed by atoms with Crippen molar-refractivity contribution in [3.63, 3.8) is 0 Å². The monoisotopic (exact) mass is 591 g/mol. The Morgan fingerprint density at radius 1 is 0.478 bits per heavy atom. The first-order valence-electron chi connectivity index (χ1n) is 16.2. The van der Waals surface area contributed by atoms with Gasteiger partial charge in [-0.3, -0.25) is 4.57 Å². The standard InChI is InChI=1S/C43H33N3/c1-42(2)33-17-9-8-15-29(33)30-24-32-31-23-26(21-22-37(31)45(39(32)25-35(30)42)27-13-6-5-7-14-27)28-16-12-18-34-40(28)46-38-20-11-10-19-36(38)44-41(46)43(34,3)4/h5-25H,1-4H3. The van der Waals surface area contributed by atoms with E-state index in [1.807, 2.05) is 0 Å². The van der Waals surface area contributed by atoms with E-state index in [0.717, 1.165) is 16.9 Å². The van der Waals surface area contributed by atoms with E-state index in [-0.39, 0.29) is 10.8 Å². The van der Waals surface area contributed by atoms with Crippen LogP contribution in [0.25, 0.3) is 66.5 Å². The smallest absolute Gasteiger partial charge is 0.124 e. The minimum absolute atomic E-state index is 0.0636. The number of hydrogen-bond donors (Lipinski definition) is 0. The SMILES string of the molecule is CC1(C)c2ccccc2-c2cc3c4cc(-c5cccc6c5-n5c(nc7ccccc75)C6(C)C)ccc4n(-c4ccccc4)c3cc21. The quantitative estimate of drug-likeness (QED) is 0.196. The Balaban J connectivity index is 1.28. The van der Waals surface area contributed by atoms with Gasteiger partial charge in [0.05, 0.1) is 33.2 Å². The molecule has 0 fully saturated rings.